The Morgan fingerprint density at radius 2 is 2.00 bits per heavy atom. The van der Waals surface area contributed by atoms with Crippen molar-refractivity contribution < 1.29 is 9.53 Å². The second-order valence-electron chi connectivity index (χ2n) is 4.83. The van der Waals surface area contributed by atoms with E-state index in [1.54, 1.807) is 4.90 Å². The monoisotopic (exact) mass is 243 g/mol. The van der Waals surface area contributed by atoms with Crippen LogP contribution < -0.4 is 4.90 Å². The first kappa shape index (κ1) is 11.3. The van der Waals surface area contributed by atoms with Gasteiger partial charge in [-0.2, -0.15) is 0 Å². The molecule has 1 aromatic rings. The molecule has 2 atom stereocenters. The Morgan fingerprint density at radius 3 is 2.83 bits per heavy atom. The van der Waals surface area contributed by atoms with Gasteiger partial charge in [-0.1, -0.05) is 30.4 Å². The van der Waals surface area contributed by atoms with Crippen molar-refractivity contribution in [1.29, 1.82) is 0 Å². The molecule has 1 aliphatic heterocycles. The molecule has 1 fully saturated rings. The van der Waals surface area contributed by atoms with E-state index in [-0.39, 0.29) is 18.2 Å². The van der Waals surface area contributed by atoms with Crippen LogP contribution in [0.5, 0.6) is 0 Å². The van der Waals surface area contributed by atoms with Crippen LogP contribution in [0.2, 0.25) is 0 Å². The number of para-hydroxylation sites is 1. The number of rotatable bonds is 1. The Morgan fingerprint density at radius 1 is 1.17 bits per heavy atom. The highest BCUT2D eigenvalue weighted by Gasteiger charge is 2.40. The lowest BCUT2D eigenvalue weighted by molar-refractivity contribution is 0.128. The third-order valence-electron chi connectivity index (χ3n) is 3.61. The molecule has 0 bridgehead atoms. The molecule has 18 heavy (non-hydrogen) atoms. The number of nitrogens with zero attached hydrogens (tertiary/aromatic N) is 1. The van der Waals surface area contributed by atoms with Gasteiger partial charge in [-0.25, -0.2) is 4.79 Å². The topological polar surface area (TPSA) is 29.5 Å². The van der Waals surface area contributed by atoms with Crippen molar-refractivity contribution in [2.24, 2.45) is 0 Å². The number of carbonyl (C=O) groups excluding carboxylic acids is 1. The van der Waals surface area contributed by atoms with Gasteiger partial charge >= 0.3 is 6.09 Å². The van der Waals surface area contributed by atoms with Crippen molar-refractivity contribution in [1.82, 2.24) is 0 Å². The van der Waals surface area contributed by atoms with E-state index in [1.807, 2.05) is 30.3 Å². The van der Waals surface area contributed by atoms with Gasteiger partial charge in [0.25, 0.3) is 0 Å². The van der Waals surface area contributed by atoms with Gasteiger partial charge in [0.05, 0.1) is 6.04 Å². The minimum absolute atomic E-state index is 0.00857. The van der Waals surface area contributed by atoms with Crippen LogP contribution in [0.3, 0.4) is 0 Å². The Kier molecular flexibility index (Phi) is 3.05. The molecule has 0 spiro atoms. The predicted octanol–water partition coefficient (Wildman–Crippen LogP) is 3.51. The van der Waals surface area contributed by atoms with Gasteiger partial charge in [0, 0.05) is 5.69 Å². The van der Waals surface area contributed by atoms with Crippen LogP contribution in [0, 0.1) is 0 Å². The smallest absolute Gasteiger partial charge is 0.415 e. The summed E-state index contributed by atoms with van der Waals surface area (Å²) >= 11 is 0. The molecule has 0 unspecified atom stereocenters. The van der Waals surface area contributed by atoms with Gasteiger partial charge < -0.3 is 4.74 Å². The molecule has 0 saturated carbocycles. The SMILES string of the molecule is O=C1O[C@@H]2CCCC/C=C\[C@@H]2N1c1ccccc1. The zero-order valence-electron chi connectivity index (χ0n) is 10.3. The Bertz CT molecular complexity index is 455. The molecular formula is C15H17NO2. The van der Waals surface area contributed by atoms with Crippen LogP contribution in [0.25, 0.3) is 0 Å². The number of amides is 1. The zero-order chi connectivity index (χ0) is 12.4. The fourth-order valence-corrected chi connectivity index (χ4v) is 2.69. The van der Waals surface area contributed by atoms with E-state index in [0.29, 0.717) is 0 Å². The average molecular weight is 243 g/mol. The van der Waals surface area contributed by atoms with Gasteiger partial charge in [-0.15, -0.1) is 0 Å². The van der Waals surface area contributed by atoms with E-state index in [1.165, 1.54) is 6.42 Å². The highest BCUT2D eigenvalue weighted by molar-refractivity contribution is 5.91. The first-order valence-electron chi connectivity index (χ1n) is 6.58. The van der Waals surface area contributed by atoms with Crippen molar-refractivity contribution in [3.63, 3.8) is 0 Å². The molecular weight excluding hydrogens is 226 g/mol. The number of allylic oxidation sites excluding steroid dienone is 1. The van der Waals surface area contributed by atoms with E-state index in [0.717, 1.165) is 24.9 Å². The number of anilines is 1. The van der Waals surface area contributed by atoms with Crippen molar-refractivity contribution >= 4 is 11.8 Å². The van der Waals surface area contributed by atoms with Crippen LogP contribution in [-0.2, 0) is 4.74 Å². The molecule has 94 valence electrons. The molecule has 1 saturated heterocycles. The van der Waals surface area contributed by atoms with E-state index < -0.39 is 0 Å². The van der Waals surface area contributed by atoms with Crippen molar-refractivity contribution in [2.75, 3.05) is 4.90 Å². The fourth-order valence-electron chi connectivity index (χ4n) is 2.69. The Labute approximate surface area is 107 Å². The van der Waals surface area contributed by atoms with Crippen molar-refractivity contribution in [3.8, 4) is 0 Å². The summed E-state index contributed by atoms with van der Waals surface area (Å²) in [7, 11) is 0. The summed E-state index contributed by atoms with van der Waals surface area (Å²) < 4.78 is 5.50. The summed E-state index contributed by atoms with van der Waals surface area (Å²) in [4.78, 5) is 13.8. The molecule has 3 rings (SSSR count). The second kappa shape index (κ2) is 4.84. The molecule has 0 aromatic heterocycles. The van der Waals surface area contributed by atoms with Crippen LogP contribution in [-0.4, -0.2) is 18.2 Å². The number of ether oxygens (including phenoxy) is 1. The zero-order valence-corrected chi connectivity index (χ0v) is 10.3. The Balaban J connectivity index is 1.93. The minimum Gasteiger partial charge on any atom is -0.443 e. The molecule has 1 heterocycles. The lowest BCUT2D eigenvalue weighted by Gasteiger charge is -2.23. The number of benzene rings is 1. The summed E-state index contributed by atoms with van der Waals surface area (Å²) in [5, 5.41) is 0. The van der Waals surface area contributed by atoms with Gasteiger partial charge in [0.1, 0.15) is 6.10 Å². The van der Waals surface area contributed by atoms with Crippen molar-refractivity contribution in [2.45, 2.75) is 37.8 Å². The van der Waals surface area contributed by atoms with Crippen LogP contribution in [0.15, 0.2) is 42.5 Å². The highest BCUT2D eigenvalue weighted by Crippen LogP contribution is 2.31. The number of fused-ring (bicyclic) bond motifs is 1. The minimum atomic E-state index is -0.220. The maximum Gasteiger partial charge on any atom is 0.415 e. The summed E-state index contributed by atoms with van der Waals surface area (Å²) in [5.41, 5.74) is 0.917. The summed E-state index contributed by atoms with van der Waals surface area (Å²) in [5.74, 6) is 0. The van der Waals surface area contributed by atoms with Gasteiger partial charge in [-0.3, -0.25) is 4.90 Å². The average Bonchev–Trinajstić information content (AvgIpc) is 2.66. The molecule has 1 amide bonds. The maximum absolute atomic E-state index is 12.0. The molecule has 3 heteroatoms. The molecule has 0 radical (unpaired) electrons. The predicted molar refractivity (Wildman–Crippen MR) is 70.6 cm³/mol. The number of hydrogen-bond donors (Lipinski definition) is 0. The lowest BCUT2D eigenvalue weighted by atomic mass is 9.99. The lowest BCUT2D eigenvalue weighted by Crippen LogP contribution is -2.35. The number of hydrogen-bond acceptors (Lipinski definition) is 2. The fraction of sp³-hybridized carbons (Fsp3) is 0.400. The van der Waals surface area contributed by atoms with Gasteiger partial charge in [-0.05, 0) is 37.8 Å². The molecule has 1 aliphatic carbocycles. The first-order chi connectivity index (χ1) is 8.86. The van der Waals surface area contributed by atoms with E-state index in [4.69, 9.17) is 4.74 Å². The van der Waals surface area contributed by atoms with Crippen LogP contribution in [0.4, 0.5) is 10.5 Å². The third-order valence-corrected chi connectivity index (χ3v) is 3.61. The molecule has 3 nitrogen and oxygen atoms in total. The normalized spacial score (nSPS) is 29.1. The highest BCUT2D eigenvalue weighted by atomic mass is 16.6. The molecule has 1 aromatic carbocycles. The molecule has 0 N–H and O–H groups in total. The van der Waals surface area contributed by atoms with Gasteiger partial charge in [0.2, 0.25) is 0 Å². The van der Waals surface area contributed by atoms with Crippen LogP contribution in [0.1, 0.15) is 25.7 Å². The summed E-state index contributed by atoms with van der Waals surface area (Å²) in [6, 6.07) is 9.81. The standard InChI is InChI=1S/C15H17NO2/c17-15-16(12-8-4-3-5-9-12)13-10-6-1-2-7-11-14(13)18-15/h3-6,8-10,13-14H,1-2,7,11H2/b10-6-/t13-,14+/m0/s1. The first-order valence-corrected chi connectivity index (χ1v) is 6.58. The van der Waals surface area contributed by atoms with Crippen LogP contribution >= 0.6 is 0 Å². The number of carbonyl (C=O) groups is 1. The van der Waals surface area contributed by atoms with Gasteiger partial charge in [0.15, 0.2) is 0 Å². The van der Waals surface area contributed by atoms with Crippen molar-refractivity contribution in [3.05, 3.63) is 42.5 Å². The Hall–Kier alpha value is -1.77. The van der Waals surface area contributed by atoms with E-state index >= 15 is 0 Å². The van der Waals surface area contributed by atoms with E-state index in [9.17, 15) is 4.79 Å². The largest absolute Gasteiger partial charge is 0.443 e. The maximum atomic E-state index is 12.0. The summed E-state index contributed by atoms with van der Waals surface area (Å²) in [6.45, 7) is 0. The van der Waals surface area contributed by atoms with E-state index in [2.05, 4.69) is 12.2 Å². The second-order valence-corrected chi connectivity index (χ2v) is 4.83. The molecule has 2 aliphatic rings. The third kappa shape index (κ3) is 2.01. The summed E-state index contributed by atoms with van der Waals surface area (Å²) in [6.07, 6.45) is 8.46. The quantitative estimate of drug-likeness (QED) is 0.706.